The van der Waals surface area contributed by atoms with Crippen LogP contribution in [-0.4, -0.2) is 17.0 Å². The van der Waals surface area contributed by atoms with Crippen molar-refractivity contribution in [3.05, 3.63) is 29.2 Å². The van der Waals surface area contributed by atoms with Crippen LogP contribution in [0.3, 0.4) is 0 Å². The van der Waals surface area contributed by atoms with Gasteiger partial charge in [0.1, 0.15) is 0 Å². The topological polar surface area (TPSA) is 72.2 Å². The lowest BCUT2D eigenvalue weighted by Crippen LogP contribution is -2.22. The van der Waals surface area contributed by atoms with Crippen LogP contribution >= 0.6 is 0 Å². The zero-order chi connectivity index (χ0) is 11.7. The monoisotopic (exact) mass is 228 g/mol. The molecule has 0 bridgehead atoms. The molecule has 1 aromatic heterocycles. The molecular weight excluding hydrogens is 222 g/mol. The predicted molar refractivity (Wildman–Crippen MR) is 46.4 cm³/mol. The van der Waals surface area contributed by atoms with Crippen molar-refractivity contribution in [3.8, 4) is 0 Å². The van der Waals surface area contributed by atoms with Crippen LogP contribution in [0.15, 0.2) is 22.2 Å². The van der Waals surface area contributed by atoms with Gasteiger partial charge in [-0.2, -0.15) is 0 Å². The van der Waals surface area contributed by atoms with Gasteiger partial charge < -0.3 is 4.52 Å². The summed E-state index contributed by atoms with van der Waals surface area (Å²) in [6.07, 6.45) is -1.64. The third-order valence-corrected chi connectivity index (χ3v) is 2.00. The van der Waals surface area contributed by atoms with Gasteiger partial charge in [0.05, 0.1) is 5.69 Å². The van der Waals surface area contributed by atoms with Gasteiger partial charge in [-0.15, -0.1) is 0 Å². The van der Waals surface area contributed by atoms with Crippen LogP contribution < -0.4 is 5.32 Å². The predicted octanol–water partition coefficient (Wildman–Crippen LogP) is 0.737. The fourth-order valence-corrected chi connectivity index (χ4v) is 1.29. The quantitative estimate of drug-likeness (QED) is 0.774. The first-order valence-corrected chi connectivity index (χ1v) is 4.36. The number of carbonyl (C=O) groups excluding carboxylic acids is 2. The van der Waals surface area contributed by atoms with Crippen molar-refractivity contribution in [1.82, 2.24) is 10.5 Å². The van der Waals surface area contributed by atoms with E-state index in [-0.39, 0.29) is 17.7 Å². The Labute approximate surface area is 88.1 Å². The van der Waals surface area contributed by atoms with Gasteiger partial charge in [0.2, 0.25) is 5.76 Å². The van der Waals surface area contributed by atoms with Crippen LogP contribution in [0, 0.1) is 0 Å². The molecule has 0 aliphatic carbocycles. The van der Waals surface area contributed by atoms with Crippen molar-refractivity contribution < 1.29 is 22.9 Å². The van der Waals surface area contributed by atoms with Crippen LogP contribution in [-0.2, 0) is 16.0 Å². The van der Waals surface area contributed by atoms with Gasteiger partial charge in [-0.1, -0.05) is 5.16 Å². The van der Waals surface area contributed by atoms with E-state index in [4.69, 9.17) is 0 Å². The third-order valence-electron chi connectivity index (χ3n) is 2.00. The lowest BCUT2D eigenvalue weighted by Gasteiger charge is -1.93. The Kier molecular flexibility index (Phi) is 2.51. The highest BCUT2D eigenvalue weighted by Crippen LogP contribution is 2.20. The summed E-state index contributed by atoms with van der Waals surface area (Å²) in [7, 11) is 0. The summed E-state index contributed by atoms with van der Waals surface area (Å²) >= 11 is 0. The maximum Gasteiger partial charge on any atom is 0.298 e. The maximum atomic E-state index is 12.2. The molecular formula is C9H6F2N2O3. The van der Waals surface area contributed by atoms with Gasteiger partial charge in [0.15, 0.2) is 0 Å². The Bertz CT molecular complexity index is 479. The van der Waals surface area contributed by atoms with Gasteiger partial charge in [0.25, 0.3) is 18.2 Å². The number of alkyl halides is 2. The Morgan fingerprint density at radius 2 is 2.19 bits per heavy atom. The fourth-order valence-electron chi connectivity index (χ4n) is 1.29. The Morgan fingerprint density at radius 3 is 2.69 bits per heavy atom. The molecule has 2 amide bonds. The molecule has 0 unspecified atom stereocenters. The van der Waals surface area contributed by atoms with E-state index >= 15 is 0 Å². The number of carbonyl (C=O) groups is 2. The molecule has 0 atom stereocenters. The largest absolute Gasteiger partial charge is 0.355 e. The molecule has 1 aromatic rings. The second-order valence-electron chi connectivity index (χ2n) is 3.19. The van der Waals surface area contributed by atoms with Crippen molar-refractivity contribution >= 4 is 11.8 Å². The normalized spacial score (nSPS) is 15.6. The van der Waals surface area contributed by atoms with Crippen molar-refractivity contribution in [2.24, 2.45) is 0 Å². The zero-order valence-corrected chi connectivity index (χ0v) is 7.87. The van der Waals surface area contributed by atoms with Crippen LogP contribution in [0.2, 0.25) is 0 Å². The first-order chi connectivity index (χ1) is 7.56. The van der Waals surface area contributed by atoms with E-state index in [9.17, 15) is 18.4 Å². The number of hydrogen-bond donors (Lipinski definition) is 1. The maximum absolute atomic E-state index is 12.2. The highest BCUT2D eigenvalue weighted by Gasteiger charge is 2.23. The van der Waals surface area contributed by atoms with Crippen molar-refractivity contribution in [1.29, 1.82) is 0 Å². The summed E-state index contributed by atoms with van der Waals surface area (Å²) in [6.45, 7) is 0. The molecule has 0 radical (unpaired) electrons. The van der Waals surface area contributed by atoms with Crippen LogP contribution in [0.4, 0.5) is 8.78 Å². The molecule has 1 aliphatic heterocycles. The molecule has 0 saturated carbocycles. The van der Waals surface area contributed by atoms with E-state index < -0.39 is 24.0 Å². The van der Waals surface area contributed by atoms with E-state index in [0.29, 0.717) is 0 Å². The molecule has 2 rings (SSSR count). The third kappa shape index (κ3) is 1.97. The van der Waals surface area contributed by atoms with E-state index in [1.807, 2.05) is 5.32 Å². The summed E-state index contributed by atoms with van der Waals surface area (Å²) in [6, 6.07) is 1.06. The fraction of sp³-hybridized carbons (Fsp3) is 0.222. The highest BCUT2D eigenvalue weighted by molar-refractivity contribution is 6.16. The molecule has 84 valence electrons. The Balaban J connectivity index is 2.12. The van der Waals surface area contributed by atoms with Crippen molar-refractivity contribution in [2.75, 3.05) is 0 Å². The van der Waals surface area contributed by atoms with Gasteiger partial charge in [0, 0.05) is 24.1 Å². The average molecular weight is 228 g/mol. The number of rotatable bonds is 3. The molecule has 0 spiro atoms. The average Bonchev–Trinajstić information content (AvgIpc) is 2.75. The van der Waals surface area contributed by atoms with Crippen LogP contribution in [0.1, 0.15) is 17.9 Å². The molecule has 16 heavy (non-hydrogen) atoms. The van der Waals surface area contributed by atoms with E-state index in [2.05, 4.69) is 9.68 Å². The summed E-state index contributed by atoms with van der Waals surface area (Å²) in [5.41, 5.74) is 0.366. The molecule has 0 fully saturated rings. The number of aromatic nitrogens is 1. The first kappa shape index (κ1) is 10.5. The SMILES string of the molecule is O=C1C=C(Cc2cc(C(F)F)on2)C(=O)N1. The summed E-state index contributed by atoms with van der Waals surface area (Å²) in [5.74, 6) is -1.61. The smallest absolute Gasteiger partial charge is 0.298 e. The van der Waals surface area contributed by atoms with Gasteiger partial charge >= 0.3 is 0 Å². The number of imide groups is 1. The van der Waals surface area contributed by atoms with Gasteiger partial charge in [-0.3, -0.25) is 14.9 Å². The lowest BCUT2D eigenvalue weighted by atomic mass is 10.1. The molecule has 5 nitrogen and oxygen atoms in total. The summed E-state index contributed by atoms with van der Waals surface area (Å²) in [4.78, 5) is 21.9. The van der Waals surface area contributed by atoms with Crippen molar-refractivity contribution in [3.63, 3.8) is 0 Å². The minimum Gasteiger partial charge on any atom is -0.355 e. The number of hydrogen-bond acceptors (Lipinski definition) is 4. The first-order valence-electron chi connectivity index (χ1n) is 4.36. The Morgan fingerprint density at radius 1 is 1.44 bits per heavy atom. The summed E-state index contributed by atoms with van der Waals surface area (Å²) in [5, 5.41) is 5.41. The van der Waals surface area contributed by atoms with E-state index in [1.165, 1.54) is 0 Å². The molecule has 1 N–H and O–H groups in total. The lowest BCUT2D eigenvalue weighted by molar-refractivity contribution is -0.123. The minimum absolute atomic E-state index is 0.00616. The van der Waals surface area contributed by atoms with Gasteiger partial charge in [-0.25, -0.2) is 8.78 Å². The Hall–Kier alpha value is -2.05. The molecule has 1 aliphatic rings. The zero-order valence-electron chi connectivity index (χ0n) is 7.87. The molecule has 0 saturated heterocycles. The number of halogens is 2. The second kappa shape index (κ2) is 3.84. The molecule has 0 aromatic carbocycles. The van der Waals surface area contributed by atoms with Crippen molar-refractivity contribution in [2.45, 2.75) is 12.8 Å². The second-order valence-corrected chi connectivity index (χ2v) is 3.19. The molecule has 2 heterocycles. The number of amides is 2. The summed E-state index contributed by atoms with van der Waals surface area (Å²) < 4.78 is 28.7. The minimum atomic E-state index is -2.74. The van der Waals surface area contributed by atoms with E-state index in [0.717, 1.165) is 12.1 Å². The number of nitrogens with one attached hydrogen (secondary N) is 1. The highest BCUT2D eigenvalue weighted by atomic mass is 19.3. The standard InChI is InChI=1S/C9H6F2N2O3/c10-8(11)6-3-5(13-16-6)1-4-2-7(14)12-9(4)15/h2-3,8H,1H2,(H,12,14,15). The molecule has 7 heteroatoms. The van der Waals surface area contributed by atoms with E-state index in [1.54, 1.807) is 0 Å². The van der Waals surface area contributed by atoms with Gasteiger partial charge in [-0.05, 0) is 0 Å². The van der Waals surface area contributed by atoms with Crippen LogP contribution in [0.5, 0.6) is 0 Å². The van der Waals surface area contributed by atoms with Crippen LogP contribution in [0.25, 0.3) is 0 Å². The number of nitrogens with zero attached hydrogens (tertiary/aromatic N) is 1.